The number of hydrogen-bond acceptors (Lipinski definition) is 6. The fourth-order valence-electron chi connectivity index (χ4n) is 2.41. The second kappa shape index (κ2) is 15.7. The fourth-order valence-corrected chi connectivity index (χ4v) is 3.51. The number of rotatable bonds is 17. The predicted octanol–water partition coefficient (Wildman–Crippen LogP) is 2.41. The Labute approximate surface area is 164 Å². The molecule has 0 spiro atoms. The summed E-state index contributed by atoms with van der Waals surface area (Å²) in [6.07, 6.45) is 1.52. The summed E-state index contributed by atoms with van der Waals surface area (Å²) in [5, 5.41) is 2.67. The first-order chi connectivity index (χ1) is 12.3. The van der Waals surface area contributed by atoms with Gasteiger partial charge in [-0.1, -0.05) is 0 Å². The van der Waals surface area contributed by atoms with Gasteiger partial charge >= 0.3 is 0 Å². The number of carbonyl (C=O) groups is 1. The molecule has 1 N–H and O–H groups in total. The second-order valence-electron chi connectivity index (χ2n) is 7.17. The zero-order valence-corrected chi connectivity index (χ0v) is 18.5. The zero-order valence-electron chi connectivity index (χ0n) is 17.6. The highest BCUT2D eigenvalue weighted by Gasteiger charge is 2.23. The van der Waals surface area contributed by atoms with Crippen molar-refractivity contribution in [1.29, 1.82) is 0 Å². The lowest BCUT2D eigenvalue weighted by Gasteiger charge is -2.35. The highest BCUT2D eigenvalue weighted by Crippen LogP contribution is 2.27. The Kier molecular flexibility index (Phi) is 15.5. The predicted molar refractivity (Wildman–Crippen MR) is 110 cm³/mol. The minimum Gasteiger partial charge on any atom is -0.382 e. The van der Waals surface area contributed by atoms with Gasteiger partial charge in [0.15, 0.2) is 0 Å². The van der Waals surface area contributed by atoms with Gasteiger partial charge in [0, 0.05) is 44.5 Å². The number of amides is 1. The van der Waals surface area contributed by atoms with Crippen molar-refractivity contribution in [2.24, 2.45) is 0 Å². The summed E-state index contributed by atoms with van der Waals surface area (Å²) in [7, 11) is 3.36. The molecular formula is C19H40N2O4S. The standard InChI is InChI=1S/C19H40N2O4S/c1-17(2)21(9-10-24-13-14-25-12-11-23-6)16-19(3,4)26-15-7-8-18(22)20-5/h17H,7-16H2,1-6H3,(H,20,22). The Balaban J connectivity index is 3.98. The first-order valence-electron chi connectivity index (χ1n) is 9.55. The highest BCUT2D eigenvalue weighted by atomic mass is 32.2. The van der Waals surface area contributed by atoms with Gasteiger partial charge < -0.3 is 19.5 Å². The number of ether oxygens (including phenoxy) is 3. The van der Waals surface area contributed by atoms with Crippen LogP contribution >= 0.6 is 11.8 Å². The smallest absolute Gasteiger partial charge is 0.219 e. The van der Waals surface area contributed by atoms with Gasteiger partial charge in [0.25, 0.3) is 0 Å². The van der Waals surface area contributed by atoms with Crippen LogP contribution in [0.4, 0.5) is 0 Å². The van der Waals surface area contributed by atoms with Gasteiger partial charge in [-0.3, -0.25) is 9.69 Å². The van der Waals surface area contributed by atoms with Crippen LogP contribution in [0.25, 0.3) is 0 Å². The van der Waals surface area contributed by atoms with Crippen molar-refractivity contribution in [2.45, 2.75) is 51.3 Å². The summed E-state index contributed by atoms with van der Waals surface area (Å²) < 4.78 is 16.2. The van der Waals surface area contributed by atoms with Crippen LogP contribution in [0.3, 0.4) is 0 Å². The SMILES string of the molecule is CNC(=O)CCCSC(C)(C)CN(CCOCCOCCOC)C(C)C. The first-order valence-corrected chi connectivity index (χ1v) is 10.5. The van der Waals surface area contributed by atoms with E-state index in [-0.39, 0.29) is 10.7 Å². The van der Waals surface area contributed by atoms with E-state index >= 15 is 0 Å². The summed E-state index contributed by atoms with van der Waals surface area (Å²) in [5.41, 5.74) is 0. The minimum absolute atomic E-state index is 0.121. The third kappa shape index (κ3) is 14.8. The van der Waals surface area contributed by atoms with Gasteiger partial charge in [-0.15, -0.1) is 0 Å². The molecule has 26 heavy (non-hydrogen) atoms. The van der Waals surface area contributed by atoms with E-state index in [2.05, 4.69) is 37.9 Å². The Morgan fingerprint density at radius 1 is 1.12 bits per heavy atom. The summed E-state index contributed by atoms with van der Waals surface area (Å²) in [6, 6.07) is 0.474. The van der Waals surface area contributed by atoms with Gasteiger partial charge in [-0.05, 0) is 39.9 Å². The number of carbonyl (C=O) groups excluding carboxylic acids is 1. The van der Waals surface area contributed by atoms with E-state index in [0.29, 0.717) is 45.5 Å². The largest absolute Gasteiger partial charge is 0.382 e. The van der Waals surface area contributed by atoms with E-state index in [0.717, 1.165) is 25.3 Å². The molecule has 0 saturated heterocycles. The molecule has 0 aromatic heterocycles. The monoisotopic (exact) mass is 392 g/mol. The zero-order chi connectivity index (χ0) is 19.8. The molecule has 0 aromatic rings. The Morgan fingerprint density at radius 3 is 2.31 bits per heavy atom. The van der Waals surface area contributed by atoms with Crippen molar-refractivity contribution >= 4 is 17.7 Å². The second-order valence-corrected chi connectivity index (χ2v) is 8.97. The molecule has 0 heterocycles. The van der Waals surface area contributed by atoms with Crippen molar-refractivity contribution in [3.8, 4) is 0 Å². The average Bonchev–Trinajstić information content (AvgIpc) is 2.59. The summed E-state index contributed by atoms with van der Waals surface area (Å²) in [4.78, 5) is 13.7. The molecule has 0 aromatic carbocycles. The third-order valence-electron chi connectivity index (χ3n) is 3.96. The number of methoxy groups -OCH3 is 1. The minimum atomic E-state index is 0.121. The lowest BCUT2D eigenvalue weighted by atomic mass is 10.1. The number of nitrogens with zero attached hydrogens (tertiary/aromatic N) is 1. The van der Waals surface area contributed by atoms with E-state index in [1.54, 1.807) is 14.2 Å². The average molecular weight is 393 g/mol. The Bertz CT molecular complexity index is 354. The molecule has 6 nitrogen and oxygen atoms in total. The fraction of sp³-hybridized carbons (Fsp3) is 0.947. The van der Waals surface area contributed by atoms with E-state index in [4.69, 9.17) is 14.2 Å². The van der Waals surface area contributed by atoms with Gasteiger partial charge in [0.1, 0.15) is 0 Å². The Morgan fingerprint density at radius 2 is 1.73 bits per heavy atom. The highest BCUT2D eigenvalue weighted by molar-refractivity contribution is 8.00. The third-order valence-corrected chi connectivity index (χ3v) is 5.36. The van der Waals surface area contributed by atoms with Crippen molar-refractivity contribution in [2.75, 3.05) is 66.0 Å². The molecule has 0 radical (unpaired) electrons. The molecular weight excluding hydrogens is 352 g/mol. The lowest BCUT2D eigenvalue weighted by Crippen LogP contribution is -2.42. The molecule has 0 aliphatic carbocycles. The maximum Gasteiger partial charge on any atom is 0.219 e. The number of hydrogen-bond donors (Lipinski definition) is 1. The van der Waals surface area contributed by atoms with E-state index in [1.807, 2.05) is 11.8 Å². The maximum absolute atomic E-state index is 11.3. The van der Waals surface area contributed by atoms with Crippen molar-refractivity contribution < 1.29 is 19.0 Å². The number of nitrogens with one attached hydrogen (secondary N) is 1. The normalized spacial score (nSPS) is 12.2. The molecule has 0 fully saturated rings. The Hall–Kier alpha value is -0.340. The van der Waals surface area contributed by atoms with Crippen LogP contribution in [-0.2, 0) is 19.0 Å². The van der Waals surface area contributed by atoms with Crippen molar-refractivity contribution in [3.05, 3.63) is 0 Å². The molecule has 156 valence electrons. The maximum atomic E-state index is 11.3. The topological polar surface area (TPSA) is 60.0 Å². The van der Waals surface area contributed by atoms with Crippen molar-refractivity contribution in [3.63, 3.8) is 0 Å². The van der Waals surface area contributed by atoms with E-state index in [1.165, 1.54) is 0 Å². The molecule has 7 heteroatoms. The summed E-state index contributed by atoms with van der Waals surface area (Å²) in [6.45, 7) is 14.1. The van der Waals surface area contributed by atoms with Gasteiger partial charge in [0.05, 0.1) is 33.0 Å². The quantitative estimate of drug-likeness (QED) is 0.384. The summed E-state index contributed by atoms with van der Waals surface area (Å²) >= 11 is 1.94. The van der Waals surface area contributed by atoms with Gasteiger partial charge in [0.2, 0.25) is 5.91 Å². The molecule has 0 aliphatic rings. The van der Waals surface area contributed by atoms with Gasteiger partial charge in [-0.25, -0.2) is 0 Å². The molecule has 0 unspecified atom stereocenters. The van der Waals surface area contributed by atoms with Crippen LogP contribution < -0.4 is 5.32 Å². The molecule has 0 bridgehead atoms. The van der Waals surface area contributed by atoms with Crippen LogP contribution in [-0.4, -0.2) is 87.6 Å². The lowest BCUT2D eigenvalue weighted by molar-refractivity contribution is -0.120. The van der Waals surface area contributed by atoms with Gasteiger partial charge in [-0.2, -0.15) is 11.8 Å². The molecule has 1 amide bonds. The molecule has 0 saturated carbocycles. The summed E-state index contributed by atoms with van der Waals surface area (Å²) in [5.74, 6) is 1.12. The van der Waals surface area contributed by atoms with Crippen LogP contribution in [0.15, 0.2) is 0 Å². The molecule has 0 rings (SSSR count). The molecule has 0 atom stereocenters. The van der Waals surface area contributed by atoms with E-state index < -0.39 is 0 Å². The van der Waals surface area contributed by atoms with Crippen LogP contribution in [0, 0.1) is 0 Å². The van der Waals surface area contributed by atoms with Crippen molar-refractivity contribution in [1.82, 2.24) is 10.2 Å². The van der Waals surface area contributed by atoms with E-state index in [9.17, 15) is 4.79 Å². The molecule has 0 aliphatic heterocycles. The van der Waals surface area contributed by atoms with Crippen LogP contribution in [0.1, 0.15) is 40.5 Å². The van der Waals surface area contributed by atoms with Crippen LogP contribution in [0.5, 0.6) is 0 Å². The van der Waals surface area contributed by atoms with Crippen LogP contribution in [0.2, 0.25) is 0 Å². The first kappa shape index (κ1) is 25.7. The number of thioether (sulfide) groups is 1.